The lowest BCUT2D eigenvalue weighted by molar-refractivity contribution is 0.580. The van der Waals surface area contributed by atoms with Crippen LogP contribution in [0.4, 0.5) is 5.95 Å². The van der Waals surface area contributed by atoms with Gasteiger partial charge in [-0.25, -0.2) is 23.1 Å². The maximum absolute atomic E-state index is 12.2. The Morgan fingerprint density at radius 2 is 1.90 bits per heavy atom. The van der Waals surface area contributed by atoms with E-state index in [2.05, 4.69) is 25.0 Å². The zero-order valence-corrected chi connectivity index (χ0v) is 12.7. The highest BCUT2D eigenvalue weighted by Crippen LogP contribution is 2.10. The van der Waals surface area contributed by atoms with E-state index in [1.165, 1.54) is 12.4 Å². The summed E-state index contributed by atoms with van der Waals surface area (Å²) in [6, 6.07) is 1.83. The van der Waals surface area contributed by atoms with Gasteiger partial charge in [0.05, 0.1) is 12.4 Å². The van der Waals surface area contributed by atoms with Crippen LogP contribution in [-0.4, -0.2) is 29.9 Å². The summed E-state index contributed by atoms with van der Waals surface area (Å²) in [4.78, 5) is 11.9. The molecule has 0 aliphatic rings. The zero-order chi connectivity index (χ0) is 15.3. The third-order valence-electron chi connectivity index (χ3n) is 2.87. The first-order chi connectivity index (χ1) is 10.0. The predicted octanol–water partition coefficient (Wildman–Crippen LogP) is 1.09. The number of pyridine rings is 1. The molecule has 2 aromatic heterocycles. The molecule has 0 bridgehead atoms. The molecule has 2 heterocycles. The minimum atomic E-state index is -3.64. The molecule has 0 amide bonds. The molecule has 0 saturated heterocycles. The largest absolute Gasteiger partial charge is 0.355 e. The first kappa shape index (κ1) is 15.3. The molecule has 0 unspecified atom stereocenters. The van der Waals surface area contributed by atoms with Crippen LogP contribution in [0.25, 0.3) is 0 Å². The van der Waals surface area contributed by atoms with Crippen molar-refractivity contribution in [2.24, 2.45) is 0 Å². The second-order valence-corrected chi connectivity index (χ2v) is 6.17. The van der Waals surface area contributed by atoms with Crippen LogP contribution in [0.3, 0.4) is 0 Å². The van der Waals surface area contributed by atoms with Gasteiger partial charge in [0.25, 0.3) is 0 Å². The van der Waals surface area contributed by atoms with Crippen molar-refractivity contribution >= 4 is 16.0 Å². The van der Waals surface area contributed by atoms with E-state index < -0.39 is 10.0 Å². The smallest absolute Gasteiger partial charge is 0.243 e. The average Bonchev–Trinajstić information content (AvgIpc) is 2.47. The maximum atomic E-state index is 12.2. The van der Waals surface area contributed by atoms with Gasteiger partial charge < -0.3 is 5.32 Å². The normalized spacial score (nSPS) is 11.3. The third kappa shape index (κ3) is 3.96. The van der Waals surface area contributed by atoms with Gasteiger partial charge in [0.2, 0.25) is 16.0 Å². The summed E-state index contributed by atoms with van der Waals surface area (Å²) in [5.74, 6) is 0.402. The monoisotopic (exact) mass is 307 g/mol. The van der Waals surface area contributed by atoms with Gasteiger partial charge in [-0.2, -0.15) is 0 Å². The number of rotatable bonds is 6. The number of nitrogens with one attached hydrogen (secondary N) is 2. The molecule has 21 heavy (non-hydrogen) atoms. The number of aromatic nitrogens is 3. The minimum absolute atomic E-state index is 0.0331. The van der Waals surface area contributed by atoms with Crippen LogP contribution < -0.4 is 10.0 Å². The topological polar surface area (TPSA) is 96.9 Å². The fourth-order valence-electron chi connectivity index (χ4n) is 1.64. The first-order valence-corrected chi connectivity index (χ1v) is 7.96. The lowest BCUT2D eigenvalue weighted by Crippen LogP contribution is -2.24. The summed E-state index contributed by atoms with van der Waals surface area (Å²) in [6.07, 6.45) is 5.87. The van der Waals surface area contributed by atoms with Crippen molar-refractivity contribution in [1.82, 2.24) is 19.7 Å². The van der Waals surface area contributed by atoms with E-state index in [-0.39, 0.29) is 11.4 Å². The van der Waals surface area contributed by atoms with Crippen molar-refractivity contribution in [2.45, 2.75) is 25.3 Å². The van der Waals surface area contributed by atoms with Crippen LogP contribution in [0.15, 0.2) is 35.7 Å². The summed E-state index contributed by atoms with van der Waals surface area (Å²) in [5.41, 5.74) is 1.80. The van der Waals surface area contributed by atoms with Crippen molar-refractivity contribution in [3.63, 3.8) is 0 Å². The first-order valence-electron chi connectivity index (χ1n) is 6.48. The molecule has 0 aliphatic carbocycles. The van der Waals surface area contributed by atoms with E-state index >= 15 is 0 Å². The third-order valence-corrected chi connectivity index (χ3v) is 4.23. The van der Waals surface area contributed by atoms with Gasteiger partial charge in [-0.3, -0.25) is 4.98 Å². The number of aryl methyl sites for hydroxylation is 1. The second-order valence-electron chi connectivity index (χ2n) is 4.40. The van der Waals surface area contributed by atoms with Crippen molar-refractivity contribution < 1.29 is 8.42 Å². The molecule has 7 nitrogen and oxygen atoms in total. The van der Waals surface area contributed by atoms with E-state index in [1.54, 1.807) is 12.4 Å². The lowest BCUT2D eigenvalue weighted by atomic mass is 10.2. The second kappa shape index (κ2) is 6.59. The Morgan fingerprint density at radius 3 is 2.52 bits per heavy atom. The Balaban J connectivity index is 2.09. The van der Waals surface area contributed by atoms with Crippen molar-refractivity contribution in [1.29, 1.82) is 0 Å². The summed E-state index contributed by atoms with van der Waals surface area (Å²) in [7, 11) is -3.64. The Hall–Kier alpha value is -2.06. The standard InChI is InChI=1S/C13H17N5O2S/c1-3-15-13-16-8-12(9-17-13)21(19,20)18-7-11-6-14-5-4-10(11)2/h4-6,8-9,18H,3,7H2,1-2H3,(H,15,16,17). The molecule has 112 valence electrons. The average molecular weight is 307 g/mol. The number of anilines is 1. The minimum Gasteiger partial charge on any atom is -0.355 e. The van der Waals surface area contributed by atoms with E-state index in [0.717, 1.165) is 11.1 Å². The molecule has 2 rings (SSSR count). The number of sulfonamides is 1. The Morgan fingerprint density at radius 1 is 1.19 bits per heavy atom. The van der Waals surface area contributed by atoms with Gasteiger partial charge in [-0.1, -0.05) is 0 Å². The van der Waals surface area contributed by atoms with Gasteiger partial charge in [0, 0.05) is 25.5 Å². The van der Waals surface area contributed by atoms with Gasteiger partial charge >= 0.3 is 0 Å². The van der Waals surface area contributed by atoms with Gasteiger partial charge in [-0.05, 0) is 31.0 Å². The number of nitrogens with zero attached hydrogens (tertiary/aromatic N) is 3. The Labute approximate surface area is 123 Å². The van der Waals surface area contributed by atoms with E-state index in [9.17, 15) is 8.42 Å². The highest BCUT2D eigenvalue weighted by molar-refractivity contribution is 7.89. The van der Waals surface area contributed by atoms with Crippen LogP contribution in [0.2, 0.25) is 0 Å². The highest BCUT2D eigenvalue weighted by Gasteiger charge is 2.15. The number of hydrogen-bond donors (Lipinski definition) is 2. The maximum Gasteiger partial charge on any atom is 0.243 e. The van der Waals surface area contributed by atoms with Gasteiger partial charge in [-0.15, -0.1) is 0 Å². The van der Waals surface area contributed by atoms with Gasteiger partial charge in [0.1, 0.15) is 4.90 Å². The highest BCUT2D eigenvalue weighted by atomic mass is 32.2. The quantitative estimate of drug-likeness (QED) is 0.829. The lowest BCUT2D eigenvalue weighted by Gasteiger charge is -2.08. The molecule has 0 atom stereocenters. The summed E-state index contributed by atoms with van der Waals surface area (Å²) in [5, 5.41) is 2.91. The van der Waals surface area contributed by atoms with Crippen LogP contribution >= 0.6 is 0 Å². The number of hydrogen-bond acceptors (Lipinski definition) is 6. The van der Waals surface area contributed by atoms with Gasteiger partial charge in [0.15, 0.2) is 0 Å². The van der Waals surface area contributed by atoms with Crippen molar-refractivity contribution in [2.75, 3.05) is 11.9 Å². The van der Waals surface area contributed by atoms with Crippen LogP contribution in [0, 0.1) is 6.92 Å². The predicted molar refractivity (Wildman–Crippen MR) is 79.2 cm³/mol. The summed E-state index contributed by atoms with van der Waals surface area (Å²) in [6.45, 7) is 4.66. The fraction of sp³-hybridized carbons (Fsp3) is 0.308. The molecule has 0 radical (unpaired) electrons. The van der Waals surface area contributed by atoms with E-state index in [4.69, 9.17) is 0 Å². The molecule has 2 aromatic rings. The Kier molecular flexibility index (Phi) is 4.81. The molecule has 0 aromatic carbocycles. The van der Waals surface area contributed by atoms with Crippen molar-refractivity contribution in [3.05, 3.63) is 42.0 Å². The molecular weight excluding hydrogens is 290 g/mol. The summed E-state index contributed by atoms with van der Waals surface area (Å²) >= 11 is 0. The Bertz CT molecular complexity index is 701. The molecule has 0 fully saturated rings. The molecule has 2 N–H and O–H groups in total. The SMILES string of the molecule is CCNc1ncc(S(=O)(=O)NCc2cnccc2C)cn1. The zero-order valence-electron chi connectivity index (χ0n) is 11.9. The molecule has 0 spiro atoms. The molecule has 8 heteroatoms. The van der Waals surface area contributed by atoms with Crippen LogP contribution in [0.1, 0.15) is 18.1 Å². The summed E-state index contributed by atoms with van der Waals surface area (Å²) < 4.78 is 26.8. The van der Waals surface area contributed by atoms with E-state index in [1.807, 2.05) is 19.9 Å². The molecular formula is C13H17N5O2S. The van der Waals surface area contributed by atoms with Crippen LogP contribution in [-0.2, 0) is 16.6 Å². The molecule has 0 aliphatic heterocycles. The molecule has 0 saturated carbocycles. The fourth-order valence-corrected chi connectivity index (χ4v) is 2.54. The van der Waals surface area contributed by atoms with Crippen LogP contribution in [0.5, 0.6) is 0 Å². The van der Waals surface area contributed by atoms with E-state index in [0.29, 0.717) is 12.5 Å². The van der Waals surface area contributed by atoms with Crippen molar-refractivity contribution in [3.8, 4) is 0 Å².